The molecule has 0 bridgehead atoms. The Balaban J connectivity index is 1.61. The van der Waals surface area contributed by atoms with Gasteiger partial charge in [-0.25, -0.2) is 4.79 Å². The second-order valence-corrected chi connectivity index (χ2v) is 6.77. The Labute approximate surface area is 163 Å². The Kier molecular flexibility index (Phi) is 4.77. The molecule has 0 radical (unpaired) electrons. The highest BCUT2D eigenvalue weighted by atomic mass is 16.5. The smallest absolute Gasteiger partial charge is 0.337 e. The molecule has 0 saturated heterocycles. The summed E-state index contributed by atoms with van der Waals surface area (Å²) in [5, 5.41) is 0.960. The number of benzene rings is 2. The van der Waals surface area contributed by atoms with Gasteiger partial charge in [0.25, 0.3) is 5.91 Å². The maximum absolute atomic E-state index is 13.0. The summed E-state index contributed by atoms with van der Waals surface area (Å²) in [4.78, 5) is 30.1. The van der Waals surface area contributed by atoms with E-state index in [0.717, 1.165) is 34.3 Å². The van der Waals surface area contributed by atoms with Gasteiger partial charge >= 0.3 is 5.97 Å². The summed E-state index contributed by atoms with van der Waals surface area (Å²) < 4.78 is 10.3. The number of nitrogens with zero attached hydrogens (tertiary/aromatic N) is 1. The zero-order valence-corrected chi connectivity index (χ0v) is 16.0. The highest BCUT2D eigenvalue weighted by molar-refractivity contribution is 5.97. The van der Waals surface area contributed by atoms with Crippen molar-refractivity contribution in [1.82, 2.24) is 9.88 Å². The van der Waals surface area contributed by atoms with Crippen LogP contribution in [0, 0.1) is 0 Å². The van der Waals surface area contributed by atoms with Crippen LogP contribution in [-0.2, 0) is 17.7 Å². The summed E-state index contributed by atoms with van der Waals surface area (Å²) in [5.74, 6) is 0.383. The average Bonchev–Trinajstić information content (AvgIpc) is 3.10. The van der Waals surface area contributed by atoms with Gasteiger partial charge in [-0.05, 0) is 49.4 Å². The van der Waals surface area contributed by atoms with Crippen LogP contribution in [0.25, 0.3) is 10.9 Å². The van der Waals surface area contributed by atoms with E-state index in [1.165, 1.54) is 7.11 Å². The highest BCUT2D eigenvalue weighted by Gasteiger charge is 2.25. The van der Waals surface area contributed by atoms with E-state index in [9.17, 15) is 9.59 Å². The number of nitrogens with one attached hydrogen (secondary N) is 1. The zero-order chi connectivity index (χ0) is 19.7. The lowest BCUT2D eigenvalue weighted by atomic mass is 10.0. The largest absolute Gasteiger partial charge is 0.494 e. The van der Waals surface area contributed by atoms with Crippen molar-refractivity contribution < 1.29 is 19.1 Å². The third kappa shape index (κ3) is 3.22. The molecular weight excluding hydrogens is 356 g/mol. The number of aromatic nitrogens is 1. The first-order valence-electron chi connectivity index (χ1n) is 9.34. The van der Waals surface area contributed by atoms with E-state index in [-0.39, 0.29) is 11.9 Å². The van der Waals surface area contributed by atoms with E-state index < -0.39 is 0 Å². The summed E-state index contributed by atoms with van der Waals surface area (Å²) in [7, 11) is 1.37. The number of methoxy groups -OCH3 is 1. The first-order valence-corrected chi connectivity index (χ1v) is 9.34. The highest BCUT2D eigenvalue weighted by Crippen LogP contribution is 2.29. The summed E-state index contributed by atoms with van der Waals surface area (Å²) >= 11 is 0. The first-order chi connectivity index (χ1) is 13.6. The number of ether oxygens (including phenoxy) is 2. The number of aromatic amines is 1. The van der Waals surface area contributed by atoms with E-state index in [1.54, 1.807) is 18.2 Å². The van der Waals surface area contributed by atoms with E-state index in [0.29, 0.717) is 30.8 Å². The topological polar surface area (TPSA) is 71.6 Å². The lowest BCUT2D eigenvalue weighted by Gasteiger charge is -2.27. The quantitative estimate of drug-likeness (QED) is 0.705. The molecule has 0 fully saturated rings. The molecule has 1 aliphatic rings. The molecule has 144 valence electrons. The van der Waals surface area contributed by atoms with Gasteiger partial charge in [-0.3, -0.25) is 4.79 Å². The number of esters is 1. The van der Waals surface area contributed by atoms with Crippen molar-refractivity contribution in [3.05, 3.63) is 64.8 Å². The Morgan fingerprint density at radius 1 is 1.11 bits per heavy atom. The standard InChI is InChI=1S/C22H22N2O4/c1-3-28-16-7-4-14(5-8-16)21(25)24-11-10-20-18(13-24)17-12-15(22(26)27-2)6-9-19(17)23-20/h4-9,12,23H,3,10-11,13H2,1-2H3. The number of carbonyl (C=O) groups excluding carboxylic acids is 2. The van der Waals surface area contributed by atoms with E-state index in [1.807, 2.05) is 36.1 Å². The van der Waals surface area contributed by atoms with Crippen molar-refractivity contribution in [1.29, 1.82) is 0 Å². The molecule has 6 heteroatoms. The van der Waals surface area contributed by atoms with Crippen LogP contribution in [0.15, 0.2) is 42.5 Å². The maximum atomic E-state index is 13.0. The molecule has 6 nitrogen and oxygen atoms in total. The van der Waals surface area contributed by atoms with Crippen LogP contribution in [0.5, 0.6) is 5.75 Å². The second-order valence-electron chi connectivity index (χ2n) is 6.77. The number of H-pyrrole nitrogens is 1. The Bertz CT molecular complexity index is 1040. The molecule has 1 aromatic heterocycles. The molecule has 1 amide bonds. The van der Waals surface area contributed by atoms with Crippen LogP contribution < -0.4 is 4.74 Å². The predicted molar refractivity (Wildman–Crippen MR) is 106 cm³/mol. The van der Waals surface area contributed by atoms with Gasteiger partial charge in [-0.2, -0.15) is 0 Å². The van der Waals surface area contributed by atoms with Gasteiger partial charge in [0.2, 0.25) is 0 Å². The molecule has 28 heavy (non-hydrogen) atoms. The monoisotopic (exact) mass is 378 g/mol. The van der Waals surface area contributed by atoms with E-state index in [4.69, 9.17) is 9.47 Å². The van der Waals surface area contributed by atoms with E-state index in [2.05, 4.69) is 4.98 Å². The van der Waals surface area contributed by atoms with Gasteiger partial charge in [0.15, 0.2) is 0 Å². The van der Waals surface area contributed by atoms with Gasteiger partial charge < -0.3 is 19.4 Å². The van der Waals surface area contributed by atoms with Gasteiger partial charge in [0, 0.05) is 47.2 Å². The molecule has 2 aromatic carbocycles. The van der Waals surface area contributed by atoms with Crippen molar-refractivity contribution in [2.24, 2.45) is 0 Å². The van der Waals surface area contributed by atoms with Crippen LogP contribution in [0.2, 0.25) is 0 Å². The van der Waals surface area contributed by atoms with Crippen LogP contribution in [-0.4, -0.2) is 42.0 Å². The molecule has 0 unspecified atom stereocenters. The number of carbonyl (C=O) groups is 2. The van der Waals surface area contributed by atoms with Gasteiger partial charge in [-0.1, -0.05) is 0 Å². The fourth-order valence-electron chi connectivity index (χ4n) is 3.68. The molecule has 2 heterocycles. The van der Waals surface area contributed by atoms with Gasteiger partial charge in [-0.15, -0.1) is 0 Å². The number of hydrogen-bond donors (Lipinski definition) is 1. The number of amides is 1. The number of rotatable bonds is 4. The average molecular weight is 378 g/mol. The third-order valence-electron chi connectivity index (χ3n) is 5.10. The van der Waals surface area contributed by atoms with Crippen LogP contribution >= 0.6 is 0 Å². The van der Waals surface area contributed by atoms with E-state index >= 15 is 0 Å². The van der Waals surface area contributed by atoms with Crippen molar-refractivity contribution in [3.8, 4) is 5.75 Å². The second kappa shape index (κ2) is 7.38. The Hall–Kier alpha value is -3.28. The Morgan fingerprint density at radius 2 is 1.86 bits per heavy atom. The molecule has 1 aliphatic heterocycles. The minimum Gasteiger partial charge on any atom is -0.494 e. The SMILES string of the molecule is CCOc1ccc(C(=O)N2CCc3[nH]c4ccc(C(=O)OC)cc4c3C2)cc1. The summed E-state index contributed by atoms with van der Waals surface area (Å²) in [6.07, 6.45) is 0.750. The van der Waals surface area contributed by atoms with Gasteiger partial charge in [0.05, 0.1) is 19.3 Å². The molecule has 0 aliphatic carbocycles. The van der Waals surface area contributed by atoms with Crippen LogP contribution in [0.1, 0.15) is 38.9 Å². The third-order valence-corrected chi connectivity index (χ3v) is 5.10. The minimum absolute atomic E-state index is 0.00725. The van der Waals surface area contributed by atoms with Crippen molar-refractivity contribution in [2.45, 2.75) is 19.9 Å². The predicted octanol–water partition coefficient (Wildman–Crippen LogP) is 3.55. The molecule has 3 aromatic rings. The van der Waals surface area contributed by atoms with Crippen LogP contribution in [0.3, 0.4) is 0 Å². The first kappa shape index (κ1) is 18.1. The Morgan fingerprint density at radius 3 is 2.57 bits per heavy atom. The van der Waals surface area contributed by atoms with Crippen molar-refractivity contribution >= 4 is 22.8 Å². The summed E-state index contributed by atoms with van der Waals surface area (Å²) in [6.45, 7) is 3.68. The van der Waals surface area contributed by atoms with Crippen molar-refractivity contribution in [3.63, 3.8) is 0 Å². The normalized spacial score (nSPS) is 13.3. The zero-order valence-electron chi connectivity index (χ0n) is 16.0. The lowest BCUT2D eigenvalue weighted by Crippen LogP contribution is -2.35. The fourth-order valence-corrected chi connectivity index (χ4v) is 3.68. The fraction of sp³-hybridized carbons (Fsp3) is 0.273. The number of fused-ring (bicyclic) bond motifs is 3. The molecule has 0 saturated carbocycles. The maximum Gasteiger partial charge on any atom is 0.337 e. The summed E-state index contributed by atoms with van der Waals surface area (Å²) in [6, 6.07) is 12.7. The van der Waals surface area contributed by atoms with Crippen LogP contribution in [0.4, 0.5) is 0 Å². The lowest BCUT2D eigenvalue weighted by molar-refractivity contribution is 0.0600. The molecule has 4 rings (SSSR count). The molecular formula is C22H22N2O4. The van der Waals surface area contributed by atoms with Crippen molar-refractivity contribution in [2.75, 3.05) is 20.3 Å². The minimum atomic E-state index is -0.366. The number of hydrogen-bond acceptors (Lipinski definition) is 4. The van der Waals surface area contributed by atoms with Gasteiger partial charge in [0.1, 0.15) is 5.75 Å². The molecule has 0 spiro atoms. The molecule has 1 N–H and O–H groups in total. The molecule has 0 atom stereocenters. The summed E-state index contributed by atoms with van der Waals surface area (Å²) in [5.41, 5.74) is 4.29.